The Labute approximate surface area is 187 Å². The van der Waals surface area contributed by atoms with Crippen molar-refractivity contribution < 1.29 is 9.90 Å². The highest BCUT2D eigenvalue weighted by atomic mass is 16.3. The first-order valence-electron chi connectivity index (χ1n) is 10.2. The lowest BCUT2D eigenvalue weighted by Gasteiger charge is -2.16. The molecule has 1 unspecified atom stereocenters. The molecule has 1 atom stereocenters. The summed E-state index contributed by atoms with van der Waals surface area (Å²) >= 11 is 0. The zero-order chi connectivity index (χ0) is 22.9. The summed E-state index contributed by atoms with van der Waals surface area (Å²) in [5.41, 5.74) is 9.48. The average molecular weight is 430 g/mol. The summed E-state index contributed by atoms with van der Waals surface area (Å²) in [6.45, 7) is 5.40. The Hall–Kier alpha value is -4.10. The van der Waals surface area contributed by atoms with Crippen LogP contribution >= 0.6 is 0 Å². The van der Waals surface area contributed by atoms with Gasteiger partial charge in [-0.2, -0.15) is 0 Å². The number of carbonyl (C=O) groups excluding carboxylic acids is 1. The van der Waals surface area contributed by atoms with E-state index in [0.717, 1.165) is 16.8 Å². The van der Waals surface area contributed by atoms with E-state index in [0.29, 0.717) is 17.1 Å². The van der Waals surface area contributed by atoms with Crippen LogP contribution in [-0.2, 0) is 0 Å². The van der Waals surface area contributed by atoms with Crippen molar-refractivity contribution in [1.29, 1.82) is 0 Å². The molecular formula is C25H27N5O2. The molecule has 0 spiro atoms. The first-order valence-corrected chi connectivity index (χ1v) is 10.2. The molecule has 2 aromatic heterocycles. The second kappa shape index (κ2) is 10.8. The molecule has 164 valence electrons. The summed E-state index contributed by atoms with van der Waals surface area (Å²) in [4.78, 5) is 17.2. The van der Waals surface area contributed by atoms with Crippen LogP contribution in [0, 0.1) is 6.92 Å². The number of pyridine rings is 1. The summed E-state index contributed by atoms with van der Waals surface area (Å²) in [6, 6.07) is 12.5. The fourth-order valence-electron chi connectivity index (χ4n) is 3.16. The van der Waals surface area contributed by atoms with Crippen molar-refractivity contribution in [2.24, 2.45) is 5.73 Å². The van der Waals surface area contributed by atoms with Crippen LogP contribution in [0.3, 0.4) is 0 Å². The first-order chi connectivity index (χ1) is 15.5. The standard InChI is InChI=1S/C25H27N5O2/c1-3-4-10-21(14-26)28-24-13-23(18(2)15-27-24)30-12-11-20(16-30)25(32)29-22(17-31)19-8-6-5-7-9-19/h3-16,22,31H,1,17,26H2,2H3,(H,27,28)(H,29,32)/b10-4-,21-14+. The largest absolute Gasteiger partial charge is 0.403 e. The maximum atomic E-state index is 12.8. The third kappa shape index (κ3) is 5.53. The number of nitrogens with two attached hydrogens (primary N) is 1. The fourth-order valence-corrected chi connectivity index (χ4v) is 3.16. The molecular weight excluding hydrogens is 402 g/mol. The minimum absolute atomic E-state index is 0.188. The number of nitrogens with zero attached hydrogens (tertiary/aromatic N) is 2. The van der Waals surface area contributed by atoms with E-state index in [1.807, 2.05) is 54.1 Å². The monoisotopic (exact) mass is 429 g/mol. The number of aliphatic hydroxyl groups is 1. The predicted molar refractivity (Wildman–Crippen MR) is 127 cm³/mol. The van der Waals surface area contributed by atoms with Crippen LogP contribution in [0.4, 0.5) is 5.82 Å². The Morgan fingerprint density at radius 2 is 2.09 bits per heavy atom. The van der Waals surface area contributed by atoms with Gasteiger partial charge in [0, 0.05) is 30.9 Å². The van der Waals surface area contributed by atoms with Gasteiger partial charge in [-0.15, -0.1) is 0 Å². The van der Waals surface area contributed by atoms with Crippen LogP contribution in [0.5, 0.6) is 0 Å². The van der Waals surface area contributed by atoms with E-state index in [9.17, 15) is 9.90 Å². The third-order valence-electron chi connectivity index (χ3n) is 4.86. The van der Waals surface area contributed by atoms with E-state index in [1.165, 1.54) is 6.20 Å². The number of hydrogen-bond donors (Lipinski definition) is 4. The first kappa shape index (κ1) is 22.6. The van der Waals surface area contributed by atoms with Crippen LogP contribution < -0.4 is 16.4 Å². The number of aromatic nitrogens is 2. The van der Waals surface area contributed by atoms with Gasteiger partial charge in [-0.25, -0.2) is 4.98 Å². The second-order valence-corrected chi connectivity index (χ2v) is 7.12. The van der Waals surface area contributed by atoms with Gasteiger partial charge in [-0.05, 0) is 30.2 Å². The highest BCUT2D eigenvalue weighted by molar-refractivity contribution is 5.94. The van der Waals surface area contributed by atoms with E-state index < -0.39 is 6.04 Å². The molecule has 1 aromatic carbocycles. The number of rotatable bonds is 9. The Morgan fingerprint density at radius 1 is 1.31 bits per heavy atom. The summed E-state index contributed by atoms with van der Waals surface area (Å²) in [7, 11) is 0. The molecule has 7 nitrogen and oxygen atoms in total. The predicted octanol–water partition coefficient (Wildman–Crippen LogP) is 3.60. The van der Waals surface area contributed by atoms with Gasteiger partial charge in [0.2, 0.25) is 0 Å². The minimum atomic E-state index is -0.476. The fraction of sp³-hybridized carbons (Fsp3) is 0.120. The molecule has 0 bridgehead atoms. The summed E-state index contributed by atoms with van der Waals surface area (Å²) in [5.74, 6) is 0.347. The van der Waals surface area contributed by atoms with Crippen molar-refractivity contribution in [1.82, 2.24) is 14.9 Å². The molecule has 3 rings (SSSR count). The van der Waals surface area contributed by atoms with Gasteiger partial charge in [0.05, 0.1) is 29.6 Å². The molecule has 0 saturated carbocycles. The number of allylic oxidation sites excluding steroid dienone is 3. The normalized spacial score (nSPS) is 12.5. The van der Waals surface area contributed by atoms with E-state index in [2.05, 4.69) is 22.2 Å². The number of aryl methyl sites for hydroxylation is 1. The molecule has 0 fully saturated rings. The lowest BCUT2D eigenvalue weighted by atomic mass is 10.1. The minimum Gasteiger partial charge on any atom is -0.403 e. The number of carbonyl (C=O) groups is 1. The lowest BCUT2D eigenvalue weighted by Crippen LogP contribution is -2.30. The number of aliphatic hydroxyl groups excluding tert-OH is 1. The smallest absolute Gasteiger partial charge is 0.253 e. The van der Waals surface area contributed by atoms with Gasteiger partial charge in [0.15, 0.2) is 0 Å². The van der Waals surface area contributed by atoms with Crippen LogP contribution in [0.2, 0.25) is 0 Å². The lowest BCUT2D eigenvalue weighted by molar-refractivity contribution is 0.0916. The van der Waals surface area contributed by atoms with Crippen molar-refractivity contribution in [2.75, 3.05) is 11.9 Å². The molecule has 0 aliphatic heterocycles. The number of anilines is 1. The molecule has 0 aliphatic carbocycles. The zero-order valence-corrected chi connectivity index (χ0v) is 17.9. The summed E-state index contributed by atoms with van der Waals surface area (Å²) in [5, 5.41) is 15.7. The maximum Gasteiger partial charge on any atom is 0.253 e. The Morgan fingerprint density at radius 3 is 2.78 bits per heavy atom. The number of amides is 1. The average Bonchev–Trinajstić information content (AvgIpc) is 3.32. The van der Waals surface area contributed by atoms with E-state index in [1.54, 1.807) is 36.7 Å². The van der Waals surface area contributed by atoms with Gasteiger partial charge in [0.1, 0.15) is 5.82 Å². The molecule has 32 heavy (non-hydrogen) atoms. The maximum absolute atomic E-state index is 12.8. The highest BCUT2D eigenvalue weighted by Crippen LogP contribution is 2.20. The number of benzene rings is 1. The number of nitrogens with one attached hydrogen (secondary N) is 2. The molecule has 0 radical (unpaired) electrons. The van der Waals surface area contributed by atoms with Crippen molar-refractivity contribution in [2.45, 2.75) is 13.0 Å². The van der Waals surface area contributed by atoms with Crippen molar-refractivity contribution >= 4 is 11.7 Å². The molecule has 0 saturated heterocycles. The topological polar surface area (TPSA) is 105 Å². The summed E-state index contributed by atoms with van der Waals surface area (Å²) in [6.07, 6.45) is 12.0. The highest BCUT2D eigenvalue weighted by Gasteiger charge is 2.16. The summed E-state index contributed by atoms with van der Waals surface area (Å²) < 4.78 is 1.86. The van der Waals surface area contributed by atoms with Crippen LogP contribution in [0.25, 0.3) is 5.69 Å². The van der Waals surface area contributed by atoms with Gasteiger partial charge in [-0.1, -0.05) is 49.1 Å². The number of hydrogen-bond acceptors (Lipinski definition) is 5. The molecule has 0 aliphatic rings. The Bertz CT molecular complexity index is 1130. The second-order valence-electron chi connectivity index (χ2n) is 7.12. The quantitative estimate of drug-likeness (QED) is 0.389. The van der Waals surface area contributed by atoms with Gasteiger partial charge < -0.3 is 26.0 Å². The van der Waals surface area contributed by atoms with Crippen LogP contribution in [0.1, 0.15) is 27.5 Å². The van der Waals surface area contributed by atoms with E-state index >= 15 is 0 Å². The van der Waals surface area contributed by atoms with Gasteiger partial charge >= 0.3 is 0 Å². The van der Waals surface area contributed by atoms with Crippen molar-refractivity contribution in [3.8, 4) is 5.69 Å². The van der Waals surface area contributed by atoms with Gasteiger partial charge in [0.25, 0.3) is 5.91 Å². The van der Waals surface area contributed by atoms with Crippen LogP contribution in [-0.4, -0.2) is 27.2 Å². The Kier molecular flexibility index (Phi) is 7.61. The van der Waals surface area contributed by atoms with Gasteiger partial charge in [-0.3, -0.25) is 4.79 Å². The van der Waals surface area contributed by atoms with E-state index in [4.69, 9.17) is 5.73 Å². The zero-order valence-electron chi connectivity index (χ0n) is 17.9. The van der Waals surface area contributed by atoms with E-state index in [-0.39, 0.29) is 12.5 Å². The van der Waals surface area contributed by atoms with Crippen LogP contribution in [0.15, 0.2) is 97.8 Å². The van der Waals surface area contributed by atoms with Crippen molar-refractivity contribution in [3.63, 3.8) is 0 Å². The Balaban J connectivity index is 1.79. The SMILES string of the molecule is C=C/C=C\C(=C/N)Nc1cc(-n2ccc(C(=O)NC(CO)c3ccccc3)c2)c(C)cn1. The third-order valence-corrected chi connectivity index (χ3v) is 4.86. The molecule has 2 heterocycles. The molecule has 7 heteroatoms. The van der Waals surface area contributed by atoms with Crippen molar-refractivity contribution in [3.05, 3.63) is 114 Å². The molecule has 1 amide bonds. The molecule has 3 aromatic rings. The molecule has 5 N–H and O–H groups in total.